The van der Waals surface area contributed by atoms with E-state index in [0.29, 0.717) is 0 Å². The monoisotopic (exact) mass is 292 g/mol. The molecule has 0 atom stereocenters. The van der Waals surface area contributed by atoms with E-state index < -0.39 is 0 Å². The number of rotatable bonds is 2. The van der Waals surface area contributed by atoms with Gasteiger partial charge in [-0.05, 0) is 37.0 Å². The van der Waals surface area contributed by atoms with E-state index in [0.717, 1.165) is 18.8 Å². The molecule has 3 rings (SSSR count). The van der Waals surface area contributed by atoms with Crippen LogP contribution >= 0.6 is 0 Å². The molecule has 0 radical (unpaired) electrons. The summed E-state index contributed by atoms with van der Waals surface area (Å²) in [4.78, 5) is 0. The van der Waals surface area contributed by atoms with Crippen molar-refractivity contribution in [1.29, 1.82) is 0 Å². The first-order chi connectivity index (χ1) is 10.5. The van der Waals surface area contributed by atoms with Gasteiger partial charge in [0.1, 0.15) is 5.76 Å². The molecule has 0 bridgehead atoms. The smallest absolute Gasteiger partial charge is 0.126 e. The number of hydrogen-bond donors (Lipinski definition) is 0. The van der Waals surface area contributed by atoms with Crippen molar-refractivity contribution < 1.29 is 4.74 Å². The van der Waals surface area contributed by atoms with Crippen molar-refractivity contribution in [2.24, 2.45) is 5.41 Å². The van der Waals surface area contributed by atoms with Crippen molar-refractivity contribution in [1.82, 2.24) is 0 Å². The molecule has 0 aromatic heterocycles. The van der Waals surface area contributed by atoms with Crippen LogP contribution in [0.4, 0.5) is 0 Å². The Kier molecular flexibility index (Phi) is 3.82. The fourth-order valence-electron chi connectivity index (χ4n) is 3.21. The van der Waals surface area contributed by atoms with Crippen molar-refractivity contribution in [2.45, 2.75) is 34.1 Å². The summed E-state index contributed by atoms with van der Waals surface area (Å²) in [7, 11) is 0. The summed E-state index contributed by atoms with van der Waals surface area (Å²) >= 11 is 0. The third kappa shape index (κ3) is 2.94. The summed E-state index contributed by atoms with van der Waals surface area (Å²) in [5.41, 5.74) is 6.56. The zero-order chi connectivity index (χ0) is 15.7. The Hall–Kier alpha value is -2.02. The van der Waals surface area contributed by atoms with Crippen LogP contribution in [0, 0.1) is 12.3 Å². The lowest BCUT2D eigenvalue weighted by Crippen LogP contribution is -2.24. The largest absolute Gasteiger partial charge is 0.492 e. The number of allylic oxidation sites excluding steroid dienone is 1. The molecule has 0 saturated carbocycles. The molecule has 0 fully saturated rings. The number of benzene rings is 2. The highest BCUT2D eigenvalue weighted by Gasteiger charge is 2.28. The van der Waals surface area contributed by atoms with Crippen molar-refractivity contribution in [3.8, 4) is 11.1 Å². The van der Waals surface area contributed by atoms with Crippen LogP contribution < -0.4 is 0 Å². The highest BCUT2D eigenvalue weighted by atomic mass is 16.5. The van der Waals surface area contributed by atoms with Gasteiger partial charge in [0.15, 0.2) is 0 Å². The minimum Gasteiger partial charge on any atom is -0.492 e. The molecular formula is C21H24O. The van der Waals surface area contributed by atoms with Crippen LogP contribution in [0.1, 0.15) is 38.3 Å². The van der Waals surface area contributed by atoms with E-state index >= 15 is 0 Å². The Morgan fingerprint density at radius 1 is 0.864 bits per heavy atom. The third-order valence-corrected chi connectivity index (χ3v) is 4.27. The molecule has 2 aromatic carbocycles. The molecule has 0 spiro atoms. The van der Waals surface area contributed by atoms with Crippen molar-refractivity contribution in [3.63, 3.8) is 0 Å². The maximum absolute atomic E-state index is 6.16. The van der Waals surface area contributed by atoms with Crippen LogP contribution in [0.5, 0.6) is 0 Å². The van der Waals surface area contributed by atoms with Crippen LogP contribution in [-0.4, -0.2) is 6.61 Å². The molecule has 1 aliphatic heterocycles. The lowest BCUT2D eigenvalue weighted by Gasteiger charge is -2.33. The summed E-state index contributed by atoms with van der Waals surface area (Å²) in [5.74, 6) is 1.07. The van der Waals surface area contributed by atoms with Gasteiger partial charge in [-0.2, -0.15) is 0 Å². The molecule has 1 aliphatic rings. The normalized spacial score (nSPS) is 17.3. The van der Waals surface area contributed by atoms with Crippen LogP contribution in [0.25, 0.3) is 16.9 Å². The highest BCUT2D eigenvalue weighted by molar-refractivity contribution is 5.80. The fourth-order valence-corrected chi connectivity index (χ4v) is 3.21. The van der Waals surface area contributed by atoms with E-state index in [-0.39, 0.29) is 5.41 Å². The van der Waals surface area contributed by atoms with Crippen LogP contribution in [0.2, 0.25) is 0 Å². The molecule has 0 aliphatic carbocycles. The molecule has 0 saturated heterocycles. The van der Waals surface area contributed by atoms with Gasteiger partial charge in [-0.25, -0.2) is 0 Å². The second-order valence-corrected chi connectivity index (χ2v) is 7.15. The number of hydrogen-bond acceptors (Lipinski definition) is 1. The first-order valence-electron chi connectivity index (χ1n) is 7.95. The summed E-state index contributed by atoms with van der Waals surface area (Å²) in [6, 6.07) is 17.3. The second kappa shape index (κ2) is 5.64. The molecule has 1 nitrogen and oxygen atoms in total. The van der Waals surface area contributed by atoms with E-state index in [4.69, 9.17) is 4.74 Å². The van der Waals surface area contributed by atoms with Gasteiger partial charge in [-0.1, -0.05) is 67.9 Å². The summed E-state index contributed by atoms with van der Waals surface area (Å²) in [6.45, 7) is 9.62. The maximum Gasteiger partial charge on any atom is 0.126 e. The SMILES string of the molecule is CC1=C(c2ccccc2-c2ccc(C)cc2)OCC(C)(C)C1. The van der Waals surface area contributed by atoms with Crippen LogP contribution in [0.15, 0.2) is 54.1 Å². The van der Waals surface area contributed by atoms with Gasteiger partial charge in [0, 0.05) is 11.0 Å². The molecule has 0 N–H and O–H groups in total. The molecule has 2 aromatic rings. The summed E-state index contributed by atoms with van der Waals surface area (Å²) < 4.78 is 6.16. The maximum atomic E-state index is 6.16. The number of aryl methyl sites for hydroxylation is 1. The lowest BCUT2D eigenvalue weighted by molar-refractivity contribution is 0.133. The number of ether oxygens (including phenoxy) is 1. The quantitative estimate of drug-likeness (QED) is 0.675. The van der Waals surface area contributed by atoms with Crippen LogP contribution in [-0.2, 0) is 4.74 Å². The van der Waals surface area contributed by atoms with Gasteiger partial charge in [0.25, 0.3) is 0 Å². The van der Waals surface area contributed by atoms with Crippen molar-refractivity contribution in [2.75, 3.05) is 6.61 Å². The van der Waals surface area contributed by atoms with Gasteiger partial charge in [0.05, 0.1) is 6.61 Å². The summed E-state index contributed by atoms with van der Waals surface area (Å²) in [5, 5.41) is 0. The first kappa shape index (κ1) is 14.9. The highest BCUT2D eigenvalue weighted by Crippen LogP contribution is 2.39. The zero-order valence-electron chi connectivity index (χ0n) is 13.9. The van der Waals surface area contributed by atoms with E-state index in [1.54, 1.807) is 0 Å². The van der Waals surface area contributed by atoms with E-state index in [1.165, 1.54) is 27.8 Å². The van der Waals surface area contributed by atoms with Gasteiger partial charge < -0.3 is 4.74 Å². The molecule has 114 valence electrons. The Morgan fingerprint density at radius 3 is 2.14 bits per heavy atom. The molecule has 0 unspecified atom stereocenters. The minimum atomic E-state index is 0.229. The third-order valence-electron chi connectivity index (χ3n) is 4.27. The van der Waals surface area contributed by atoms with Crippen molar-refractivity contribution >= 4 is 5.76 Å². The summed E-state index contributed by atoms with van der Waals surface area (Å²) in [6.07, 6.45) is 1.09. The zero-order valence-corrected chi connectivity index (χ0v) is 13.9. The molecule has 1 heterocycles. The minimum absolute atomic E-state index is 0.229. The molecular weight excluding hydrogens is 268 g/mol. The van der Waals surface area contributed by atoms with E-state index in [9.17, 15) is 0 Å². The Balaban J connectivity index is 2.07. The van der Waals surface area contributed by atoms with Gasteiger partial charge in [-0.15, -0.1) is 0 Å². The molecule has 0 amide bonds. The molecule has 1 heteroatoms. The van der Waals surface area contributed by atoms with Crippen molar-refractivity contribution in [3.05, 3.63) is 65.2 Å². The van der Waals surface area contributed by atoms with Gasteiger partial charge in [-0.3, -0.25) is 0 Å². The Morgan fingerprint density at radius 2 is 1.50 bits per heavy atom. The van der Waals surface area contributed by atoms with Gasteiger partial charge in [0.2, 0.25) is 0 Å². The van der Waals surface area contributed by atoms with E-state index in [2.05, 4.69) is 76.2 Å². The second-order valence-electron chi connectivity index (χ2n) is 7.15. The Labute approximate surface area is 133 Å². The predicted octanol–water partition coefficient (Wildman–Crippen LogP) is 5.84. The first-order valence-corrected chi connectivity index (χ1v) is 7.95. The lowest BCUT2D eigenvalue weighted by atomic mass is 9.83. The predicted molar refractivity (Wildman–Crippen MR) is 93.6 cm³/mol. The van der Waals surface area contributed by atoms with Crippen LogP contribution in [0.3, 0.4) is 0 Å². The fraction of sp³-hybridized carbons (Fsp3) is 0.333. The average Bonchev–Trinajstić information content (AvgIpc) is 2.47. The molecule has 22 heavy (non-hydrogen) atoms. The van der Waals surface area contributed by atoms with Gasteiger partial charge >= 0.3 is 0 Å². The standard InChI is InChI=1S/C21H24O/c1-15-9-11-17(12-10-15)18-7-5-6-8-19(18)20-16(2)13-21(3,4)14-22-20/h5-12H,13-14H2,1-4H3. The Bertz CT molecular complexity index is 705. The average molecular weight is 292 g/mol. The topological polar surface area (TPSA) is 9.23 Å². The van der Waals surface area contributed by atoms with E-state index in [1.807, 2.05) is 0 Å².